The average Bonchev–Trinajstić information content (AvgIpc) is 3.09. The van der Waals surface area contributed by atoms with Crippen LogP contribution in [0, 0.1) is 6.92 Å². The lowest BCUT2D eigenvalue weighted by molar-refractivity contribution is 0.500. The topological polar surface area (TPSA) is 38.1 Å². The van der Waals surface area contributed by atoms with E-state index in [4.69, 9.17) is 16.0 Å². The molecule has 3 rings (SSSR count). The van der Waals surface area contributed by atoms with E-state index in [0.717, 1.165) is 26.2 Å². The zero-order chi connectivity index (χ0) is 13.9. The summed E-state index contributed by atoms with van der Waals surface area (Å²) in [5, 5.41) is 3.47. The summed E-state index contributed by atoms with van der Waals surface area (Å²) in [6.07, 6.45) is 5.28. The van der Waals surface area contributed by atoms with Gasteiger partial charge in [-0.1, -0.05) is 11.6 Å². The van der Waals surface area contributed by atoms with E-state index in [1.807, 2.05) is 43.5 Å². The Hall–Kier alpha value is -1.78. The summed E-state index contributed by atoms with van der Waals surface area (Å²) >= 11 is 7.59. The van der Waals surface area contributed by atoms with Gasteiger partial charge in [0.05, 0.1) is 22.5 Å². The third kappa shape index (κ3) is 2.71. The second kappa shape index (κ2) is 5.69. The Morgan fingerprint density at radius 1 is 1.30 bits per heavy atom. The lowest BCUT2D eigenvalue weighted by Gasteiger charge is -2.17. The molecule has 102 valence electrons. The van der Waals surface area contributed by atoms with Crippen molar-refractivity contribution >= 4 is 28.6 Å². The molecule has 0 aromatic carbocycles. The zero-order valence-corrected chi connectivity index (χ0v) is 12.4. The van der Waals surface area contributed by atoms with Crippen LogP contribution in [-0.2, 0) is 0 Å². The van der Waals surface area contributed by atoms with Crippen molar-refractivity contribution in [1.29, 1.82) is 0 Å². The summed E-state index contributed by atoms with van der Waals surface area (Å²) in [6.45, 7) is 2.05. The first-order valence-electron chi connectivity index (χ1n) is 6.20. The van der Waals surface area contributed by atoms with Gasteiger partial charge in [0.15, 0.2) is 0 Å². The molecule has 1 unspecified atom stereocenters. The predicted molar refractivity (Wildman–Crippen MR) is 82.5 cm³/mol. The molecule has 0 aliphatic carbocycles. The fraction of sp³-hybridized carbons (Fsp3) is 0.133. The molecular formula is C15H13ClN2OS. The number of thiophene rings is 1. The largest absolute Gasteiger partial charge is 0.467 e. The maximum atomic E-state index is 6.05. The van der Waals surface area contributed by atoms with Crippen molar-refractivity contribution in [1.82, 2.24) is 4.98 Å². The van der Waals surface area contributed by atoms with Gasteiger partial charge in [-0.2, -0.15) is 0 Å². The summed E-state index contributed by atoms with van der Waals surface area (Å²) in [4.78, 5) is 5.27. The van der Waals surface area contributed by atoms with E-state index < -0.39 is 0 Å². The van der Waals surface area contributed by atoms with Gasteiger partial charge in [0.1, 0.15) is 11.8 Å². The highest BCUT2D eigenvalue weighted by atomic mass is 35.5. The molecule has 0 saturated carbocycles. The molecule has 0 aliphatic heterocycles. The van der Waals surface area contributed by atoms with E-state index in [0.29, 0.717) is 0 Å². The summed E-state index contributed by atoms with van der Waals surface area (Å²) < 4.78 is 6.32. The van der Waals surface area contributed by atoms with Gasteiger partial charge in [-0.25, -0.2) is 0 Å². The molecular weight excluding hydrogens is 292 g/mol. The molecule has 1 N–H and O–H groups in total. The van der Waals surface area contributed by atoms with Gasteiger partial charge in [0.2, 0.25) is 0 Å². The van der Waals surface area contributed by atoms with Gasteiger partial charge in [0, 0.05) is 11.1 Å². The molecule has 0 spiro atoms. The third-order valence-electron chi connectivity index (χ3n) is 3.05. The van der Waals surface area contributed by atoms with Crippen LogP contribution in [0.1, 0.15) is 22.2 Å². The summed E-state index contributed by atoms with van der Waals surface area (Å²) in [5.74, 6) is 0.853. The van der Waals surface area contributed by atoms with Crippen LogP contribution in [0.3, 0.4) is 0 Å². The third-order valence-corrected chi connectivity index (χ3v) is 4.34. The van der Waals surface area contributed by atoms with Crippen molar-refractivity contribution < 1.29 is 4.42 Å². The van der Waals surface area contributed by atoms with E-state index in [9.17, 15) is 0 Å². The number of aryl methyl sites for hydroxylation is 1. The van der Waals surface area contributed by atoms with Crippen LogP contribution >= 0.6 is 22.9 Å². The molecule has 0 fully saturated rings. The molecule has 1 atom stereocenters. The van der Waals surface area contributed by atoms with E-state index in [-0.39, 0.29) is 6.04 Å². The molecule has 0 saturated heterocycles. The average molecular weight is 305 g/mol. The monoisotopic (exact) mass is 304 g/mol. The number of pyridine rings is 1. The first-order chi connectivity index (χ1) is 9.74. The smallest absolute Gasteiger partial charge is 0.131 e. The van der Waals surface area contributed by atoms with E-state index in [2.05, 4.69) is 10.3 Å². The first kappa shape index (κ1) is 13.2. The number of anilines is 1. The normalized spacial score (nSPS) is 12.3. The number of aromatic nitrogens is 1. The predicted octanol–water partition coefficient (Wildman–Crippen LogP) is 4.90. The maximum Gasteiger partial charge on any atom is 0.131 e. The first-order valence-corrected chi connectivity index (χ1v) is 7.39. The highest BCUT2D eigenvalue weighted by Crippen LogP contribution is 2.34. The molecule has 5 heteroatoms. The summed E-state index contributed by atoms with van der Waals surface area (Å²) in [7, 11) is 0. The number of rotatable bonds is 4. The molecule has 3 aromatic rings. The molecule has 0 bridgehead atoms. The molecule has 20 heavy (non-hydrogen) atoms. The Morgan fingerprint density at radius 2 is 2.20 bits per heavy atom. The van der Waals surface area contributed by atoms with Gasteiger partial charge in [-0.15, -0.1) is 11.3 Å². The van der Waals surface area contributed by atoms with Crippen LogP contribution in [0.15, 0.2) is 53.4 Å². The van der Waals surface area contributed by atoms with Gasteiger partial charge in [-0.05, 0) is 42.8 Å². The minimum Gasteiger partial charge on any atom is -0.467 e. The molecule has 3 heterocycles. The van der Waals surface area contributed by atoms with Crippen molar-refractivity contribution in [2.45, 2.75) is 13.0 Å². The van der Waals surface area contributed by atoms with Crippen molar-refractivity contribution in [2.24, 2.45) is 0 Å². The van der Waals surface area contributed by atoms with E-state index >= 15 is 0 Å². The summed E-state index contributed by atoms with van der Waals surface area (Å²) in [5.41, 5.74) is 2.12. The van der Waals surface area contributed by atoms with Crippen molar-refractivity contribution in [2.75, 3.05) is 5.32 Å². The molecule has 3 nitrogen and oxygen atoms in total. The fourth-order valence-corrected chi connectivity index (χ4v) is 3.11. The number of hydrogen-bond donors (Lipinski definition) is 1. The van der Waals surface area contributed by atoms with E-state index in [1.54, 1.807) is 23.8 Å². The number of furan rings is 1. The Kier molecular flexibility index (Phi) is 3.76. The van der Waals surface area contributed by atoms with Gasteiger partial charge in [0.25, 0.3) is 0 Å². The zero-order valence-electron chi connectivity index (χ0n) is 10.8. The standard InChI is InChI=1S/C15H13ClN2OS/c1-10-6-7-17-9-11(10)18-15(12-3-2-8-19-12)13-4-5-14(16)20-13/h2-9,15,18H,1H3. The van der Waals surface area contributed by atoms with E-state index in [1.165, 1.54) is 0 Å². The molecule has 0 radical (unpaired) electrons. The van der Waals surface area contributed by atoms with Crippen molar-refractivity contribution in [3.05, 3.63) is 69.5 Å². The van der Waals surface area contributed by atoms with Crippen LogP contribution in [0.2, 0.25) is 4.34 Å². The van der Waals surface area contributed by atoms with Gasteiger partial charge >= 0.3 is 0 Å². The van der Waals surface area contributed by atoms with Gasteiger partial charge in [-0.3, -0.25) is 4.98 Å². The number of halogens is 1. The highest BCUT2D eigenvalue weighted by molar-refractivity contribution is 7.16. The van der Waals surface area contributed by atoms with Crippen molar-refractivity contribution in [3.8, 4) is 0 Å². The Balaban J connectivity index is 1.97. The SMILES string of the molecule is Cc1ccncc1NC(c1ccco1)c1ccc(Cl)s1. The van der Waals surface area contributed by atoms with Crippen LogP contribution < -0.4 is 5.32 Å². The minimum absolute atomic E-state index is 0.0644. The van der Waals surface area contributed by atoms with Crippen LogP contribution in [0.5, 0.6) is 0 Å². The summed E-state index contributed by atoms with van der Waals surface area (Å²) in [6, 6.07) is 9.66. The van der Waals surface area contributed by atoms with Crippen LogP contribution in [-0.4, -0.2) is 4.98 Å². The van der Waals surface area contributed by atoms with Crippen LogP contribution in [0.25, 0.3) is 0 Å². The quantitative estimate of drug-likeness (QED) is 0.745. The number of hydrogen-bond acceptors (Lipinski definition) is 4. The Bertz CT molecular complexity index is 693. The lowest BCUT2D eigenvalue weighted by Crippen LogP contribution is -2.11. The Labute approximate surface area is 126 Å². The second-order valence-corrected chi connectivity index (χ2v) is 6.17. The molecule has 3 aromatic heterocycles. The Morgan fingerprint density at radius 3 is 2.85 bits per heavy atom. The molecule has 0 aliphatic rings. The lowest BCUT2D eigenvalue weighted by atomic mass is 10.1. The highest BCUT2D eigenvalue weighted by Gasteiger charge is 2.19. The van der Waals surface area contributed by atoms with Crippen molar-refractivity contribution in [3.63, 3.8) is 0 Å². The number of nitrogens with zero attached hydrogens (tertiary/aromatic N) is 1. The fourth-order valence-electron chi connectivity index (χ4n) is 1.99. The molecule has 0 amide bonds. The second-order valence-electron chi connectivity index (χ2n) is 4.43. The van der Waals surface area contributed by atoms with Gasteiger partial charge < -0.3 is 9.73 Å². The van der Waals surface area contributed by atoms with Crippen LogP contribution in [0.4, 0.5) is 5.69 Å². The minimum atomic E-state index is -0.0644. The number of nitrogens with one attached hydrogen (secondary N) is 1. The maximum absolute atomic E-state index is 6.05.